The number of aromatic nitrogens is 2. The van der Waals surface area contributed by atoms with E-state index in [9.17, 15) is 22.4 Å². The Morgan fingerprint density at radius 1 is 0.875 bits per heavy atom. The smallest absolute Gasteiger partial charge is 0.262 e. The first-order chi connectivity index (χ1) is 15.4. The molecule has 0 bridgehead atoms. The van der Waals surface area contributed by atoms with E-state index in [0.717, 1.165) is 22.6 Å². The first kappa shape index (κ1) is 20.8. The number of hydrogen-bond donors (Lipinski definition) is 0. The molecule has 164 valence electrons. The van der Waals surface area contributed by atoms with Gasteiger partial charge in [-0.25, -0.2) is 22.5 Å². The summed E-state index contributed by atoms with van der Waals surface area (Å²) in [6.07, 6.45) is 1.99. The van der Waals surface area contributed by atoms with Crippen molar-refractivity contribution in [1.82, 2.24) is 14.5 Å². The van der Waals surface area contributed by atoms with E-state index in [1.165, 1.54) is 46.5 Å². The summed E-state index contributed by atoms with van der Waals surface area (Å²) in [7, 11) is 0. The van der Waals surface area contributed by atoms with Gasteiger partial charge in [-0.1, -0.05) is 0 Å². The van der Waals surface area contributed by atoms with Crippen LogP contribution in [0.25, 0.3) is 10.2 Å². The molecule has 3 heterocycles. The van der Waals surface area contributed by atoms with Crippen molar-refractivity contribution in [3.8, 4) is 0 Å². The summed E-state index contributed by atoms with van der Waals surface area (Å²) in [6.45, 7) is 1.58. The molecule has 2 aromatic carbocycles. The molecule has 0 amide bonds. The molecular weight excluding hydrogens is 442 g/mol. The van der Waals surface area contributed by atoms with Crippen molar-refractivity contribution in [2.75, 3.05) is 6.54 Å². The van der Waals surface area contributed by atoms with E-state index in [1.807, 2.05) is 0 Å². The average Bonchev–Trinajstić information content (AvgIpc) is 3.07. The standard InChI is InChI=1S/C23H17F4N3OS/c24-15-3-13(4-16(25)7-15)9-29-2-1-19-20(11-29)32-22-21(19)23(31)30(12-28-22)10-14-5-17(26)8-18(27)6-14/h3-8,12H,1-2,9-11H2. The van der Waals surface area contributed by atoms with Gasteiger partial charge in [-0.15, -0.1) is 11.3 Å². The SMILES string of the molecule is O=c1c2c3c(sc2ncn1Cc1cc(F)cc(F)c1)CN(Cc1cc(F)cc(F)c1)CC3. The number of benzene rings is 2. The normalized spacial score (nSPS) is 14.1. The van der Waals surface area contributed by atoms with Crippen LogP contribution in [0, 0.1) is 23.3 Å². The Morgan fingerprint density at radius 3 is 2.09 bits per heavy atom. The third kappa shape index (κ3) is 4.05. The summed E-state index contributed by atoms with van der Waals surface area (Å²) in [5, 5.41) is 0.529. The largest absolute Gasteiger partial charge is 0.294 e. The maximum atomic E-state index is 13.5. The summed E-state index contributed by atoms with van der Waals surface area (Å²) in [5.74, 6) is -2.62. The van der Waals surface area contributed by atoms with Crippen molar-refractivity contribution in [3.05, 3.63) is 97.9 Å². The molecule has 0 spiro atoms. The number of thiophene rings is 1. The fraction of sp³-hybridized carbons (Fsp3) is 0.217. The molecule has 9 heteroatoms. The van der Waals surface area contributed by atoms with Gasteiger partial charge >= 0.3 is 0 Å². The van der Waals surface area contributed by atoms with Crippen molar-refractivity contribution in [2.45, 2.75) is 26.1 Å². The number of fused-ring (bicyclic) bond motifs is 3. The van der Waals surface area contributed by atoms with Crippen LogP contribution in [-0.2, 0) is 26.1 Å². The number of rotatable bonds is 4. The van der Waals surface area contributed by atoms with Gasteiger partial charge in [0.2, 0.25) is 0 Å². The van der Waals surface area contributed by atoms with Gasteiger partial charge in [0.1, 0.15) is 28.1 Å². The van der Waals surface area contributed by atoms with Crippen molar-refractivity contribution >= 4 is 21.6 Å². The van der Waals surface area contributed by atoms with Gasteiger partial charge in [-0.05, 0) is 47.4 Å². The average molecular weight is 459 g/mol. The van der Waals surface area contributed by atoms with Gasteiger partial charge < -0.3 is 0 Å². The summed E-state index contributed by atoms with van der Waals surface area (Å²) in [6, 6.07) is 6.65. The van der Waals surface area contributed by atoms with Crippen molar-refractivity contribution in [2.24, 2.45) is 0 Å². The summed E-state index contributed by atoms with van der Waals surface area (Å²) in [5.41, 5.74) is 1.56. The topological polar surface area (TPSA) is 38.1 Å². The van der Waals surface area contributed by atoms with E-state index in [0.29, 0.717) is 47.4 Å². The quantitative estimate of drug-likeness (QED) is 0.418. The van der Waals surface area contributed by atoms with E-state index in [2.05, 4.69) is 9.88 Å². The highest BCUT2D eigenvalue weighted by atomic mass is 32.1. The zero-order valence-electron chi connectivity index (χ0n) is 16.7. The number of nitrogens with zero attached hydrogens (tertiary/aromatic N) is 3. The Labute approximate surface area is 184 Å². The molecule has 0 aliphatic carbocycles. The van der Waals surface area contributed by atoms with Crippen LogP contribution in [0.15, 0.2) is 47.5 Å². The third-order valence-corrected chi connectivity index (χ3v) is 6.64. The third-order valence-electron chi connectivity index (χ3n) is 5.51. The summed E-state index contributed by atoms with van der Waals surface area (Å²) >= 11 is 1.42. The van der Waals surface area contributed by atoms with Crippen LogP contribution in [0.1, 0.15) is 21.6 Å². The minimum Gasteiger partial charge on any atom is -0.294 e. The molecule has 1 aliphatic rings. The number of halogens is 4. The lowest BCUT2D eigenvalue weighted by Gasteiger charge is -2.26. The molecule has 5 rings (SSSR count). The Bertz CT molecular complexity index is 1360. The minimum absolute atomic E-state index is 0.0122. The fourth-order valence-electron chi connectivity index (χ4n) is 4.18. The van der Waals surface area contributed by atoms with E-state index in [1.54, 1.807) is 0 Å². The highest BCUT2D eigenvalue weighted by Crippen LogP contribution is 2.33. The van der Waals surface area contributed by atoms with Crippen LogP contribution in [0.4, 0.5) is 17.6 Å². The molecule has 1 aliphatic heterocycles. The Hall–Kier alpha value is -3.04. The van der Waals surface area contributed by atoms with E-state index >= 15 is 0 Å². The molecule has 32 heavy (non-hydrogen) atoms. The first-order valence-corrected chi connectivity index (χ1v) is 10.8. The predicted octanol–water partition coefficient (Wildman–Crippen LogP) is 4.62. The lowest BCUT2D eigenvalue weighted by atomic mass is 10.0. The molecule has 2 aromatic heterocycles. The van der Waals surface area contributed by atoms with Crippen LogP contribution in [0.5, 0.6) is 0 Å². The van der Waals surface area contributed by atoms with Crippen LogP contribution in [-0.4, -0.2) is 21.0 Å². The van der Waals surface area contributed by atoms with E-state index < -0.39 is 23.3 Å². The van der Waals surface area contributed by atoms with Gasteiger partial charge in [0.25, 0.3) is 5.56 Å². The summed E-state index contributed by atoms with van der Waals surface area (Å²) in [4.78, 5) is 21.2. The Balaban J connectivity index is 1.43. The monoisotopic (exact) mass is 459 g/mol. The molecule has 0 saturated carbocycles. The van der Waals surface area contributed by atoms with Gasteiger partial charge in [0, 0.05) is 36.6 Å². The van der Waals surface area contributed by atoms with Crippen molar-refractivity contribution in [1.29, 1.82) is 0 Å². The minimum atomic E-state index is -0.701. The lowest BCUT2D eigenvalue weighted by molar-refractivity contribution is 0.248. The van der Waals surface area contributed by atoms with E-state index in [4.69, 9.17) is 0 Å². The number of hydrogen-bond acceptors (Lipinski definition) is 4. The van der Waals surface area contributed by atoms with Crippen LogP contribution in [0.2, 0.25) is 0 Å². The second-order valence-corrected chi connectivity index (χ2v) is 8.96. The van der Waals surface area contributed by atoms with Crippen LogP contribution in [0.3, 0.4) is 0 Å². The molecule has 0 N–H and O–H groups in total. The Kier molecular flexibility index (Phi) is 5.30. The maximum Gasteiger partial charge on any atom is 0.262 e. The fourth-order valence-corrected chi connectivity index (χ4v) is 5.40. The predicted molar refractivity (Wildman–Crippen MR) is 114 cm³/mol. The van der Waals surface area contributed by atoms with Gasteiger partial charge in [-0.2, -0.15) is 0 Å². The molecule has 4 aromatic rings. The molecule has 0 atom stereocenters. The maximum absolute atomic E-state index is 13.5. The molecule has 0 fully saturated rings. The zero-order valence-corrected chi connectivity index (χ0v) is 17.6. The van der Waals surface area contributed by atoms with Gasteiger partial charge in [-0.3, -0.25) is 14.3 Å². The highest BCUT2D eigenvalue weighted by Gasteiger charge is 2.24. The second-order valence-electron chi connectivity index (χ2n) is 7.88. The van der Waals surface area contributed by atoms with E-state index in [-0.39, 0.29) is 12.1 Å². The lowest BCUT2D eigenvalue weighted by Crippen LogP contribution is -2.30. The second kappa shape index (κ2) is 8.14. The zero-order chi connectivity index (χ0) is 22.4. The van der Waals surface area contributed by atoms with Crippen molar-refractivity contribution in [3.63, 3.8) is 0 Å². The molecule has 4 nitrogen and oxygen atoms in total. The van der Waals surface area contributed by atoms with Crippen LogP contribution < -0.4 is 5.56 Å². The van der Waals surface area contributed by atoms with Crippen LogP contribution >= 0.6 is 11.3 Å². The van der Waals surface area contributed by atoms with Gasteiger partial charge in [0.15, 0.2) is 0 Å². The Morgan fingerprint density at radius 2 is 1.47 bits per heavy atom. The van der Waals surface area contributed by atoms with Gasteiger partial charge in [0.05, 0.1) is 18.3 Å². The molecule has 0 saturated heterocycles. The summed E-state index contributed by atoms with van der Waals surface area (Å²) < 4.78 is 55.4. The molecule has 0 unspecified atom stereocenters. The highest BCUT2D eigenvalue weighted by molar-refractivity contribution is 7.18. The van der Waals surface area contributed by atoms with Crippen molar-refractivity contribution < 1.29 is 17.6 Å². The molecular formula is C23H17F4N3OS. The first-order valence-electron chi connectivity index (χ1n) is 9.98. The molecule has 0 radical (unpaired) electrons.